The van der Waals surface area contributed by atoms with E-state index in [1.54, 1.807) is 0 Å². The molecule has 0 spiro atoms. The molecule has 3 rings (SSSR count). The van der Waals surface area contributed by atoms with Crippen molar-refractivity contribution in [1.82, 2.24) is 4.98 Å². The topological polar surface area (TPSA) is 104 Å². The molecule has 0 aliphatic rings. The van der Waals surface area contributed by atoms with Gasteiger partial charge < -0.3 is 19.6 Å². The van der Waals surface area contributed by atoms with Gasteiger partial charge in [0.1, 0.15) is 17.0 Å². The number of hydrogen-bond acceptors (Lipinski definition) is 3. The number of aromatic amines is 1. The first-order valence-electron chi connectivity index (χ1n) is 6.61. The molecule has 8 heteroatoms. The lowest BCUT2D eigenvalue weighted by Crippen LogP contribution is -2.02. The Kier molecular flexibility index (Phi) is 4.09. The lowest BCUT2D eigenvalue weighted by molar-refractivity contribution is -0.130. The third-order valence-corrected chi connectivity index (χ3v) is 3.89. The van der Waals surface area contributed by atoms with E-state index in [9.17, 15) is 19.8 Å². The molecule has 3 N–H and O–H groups in total. The van der Waals surface area contributed by atoms with Crippen LogP contribution in [0.4, 0.5) is 0 Å². The second kappa shape index (κ2) is 6.07. The van der Waals surface area contributed by atoms with Gasteiger partial charge in [0, 0.05) is 21.5 Å². The monoisotopic (exact) mass is 365 g/mol. The molecule has 24 heavy (non-hydrogen) atoms. The molecule has 0 bridgehead atoms. The molecule has 0 aliphatic heterocycles. The summed E-state index contributed by atoms with van der Waals surface area (Å²) in [6, 6.07) is 5.97. The van der Waals surface area contributed by atoms with E-state index in [0.29, 0.717) is 15.9 Å². The quantitative estimate of drug-likeness (QED) is 0.594. The van der Waals surface area contributed by atoms with Gasteiger partial charge in [0.15, 0.2) is 0 Å². The molecule has 0 atom stereocenters. The van der Waals surface area contributed by atoms with Crippen molar-refractivity contribution < 1.29 is 24.2 Å². The maximum Gasteiger partial charge on any atom is 0.352 e. The van der Waals surface area contributed by atoms with Crippen LogP contribution in [0.25, 0.3) is 22.6 Å². The van der Waals surface area contributed by atoms with Crippen molar-refractivity contribution in [3.8, 4) is 0 Å². The van der Waals surface area contributed by atoms with Crippen LogP contribution in [0.15, 0.2) is 34.9 Å². The van der Waals surface area contributed by atoms with Crippen LogP contribution in [0.2, 0.25) is 10.0 Å². The molecule has 0 fully saturated rings. The van der Waals surface area contributed by atoms with E-state index < -0.39 is 11.9 Å². The van der Waals surface area contributed by atoms with Gasteiger partial charge in [0.25, 0.3) is 0 Å². The first-order valence-corrected chi connectivity index (χ1v) is 7.37. The summed E-state index contributed by atoms with van der Waals surface area (Å²) < 4.78 is 5.11. The highest BCUT2D eigenvalue weighted by molar-refractivity contribution is 6.39. The van der Waals surface area contributed by atoms with Crippen molar-refractivity contribution in [3.05, 3.63) is 57.6 Å². The van der Waals surface area contributed by atoms with Crippen LogP contribution in [0, 0.1) is 0 Å². The van der Waals surface area contributed by atoms with Gasteiger partial charge in [0.05, 0.1) is 11.3 Å². The Balaban J connectivity index is 2.35. The summed E-state index contributed by atoms with van der Waals surface area (Å²) in [5.74, 6) is -2.42. The van der Waals surface area contributed by atoms with Crippen LogP contribution < -0.4 is 0 Å². The molecule has 6 nitrogen and oxygen atoms in total. The Labute approximate surface area is 144 Å². The number of halogens is 2. The van der Waals surface area contributed by atoms with Crippen molar-refractivity contribution in [2.24, 2.45) is 0 Å². The Bertz CT molecular complexity index is 986. The van der Waals surface area contributed by atoms with Crippen LogP contribution in [-0.4, -0.2) is 27.1 Å². The maximum absolute atomic E-state index is 11.5. The maximum atomic E-state index is 11.5. The number of benzene rings is 1. The predicted octanol–water partition coefficient (Wildman–Crippen LogP) is 4.39. The lowest BCUT2D eigenvalue weighted by Gasteiger charge is -2.02. The number of aromatic nitrogens is 1. The number of fused-ring (bicyclic) bond motifs is 1. The highest BCUT2D eigenvalue weighted by Gasteiger charge is 2.21. The van der Waals surface area contributed by atoms with E-state index in [0.717, 1.165) is 0 Å². The molecule has 0 radical (unpaired) electrons. The van der Waals surface area contributed by atoms with Gasteiger partial charge in [-0.2, -0.15) is 0 Å². The molecule has 122 valence electrons. The van der Waals surface area contributed by atoms with Gasteiger partial charge in [-0.3, -0.25) is 0 Å². The van der Waals surface area contributed by atoms with E-state index >= 15 is 0 Å². The van der Waals surface area contributed by atoms with Crippen LogP contribution in [-0.2, 0) is 4.79 Å². The van der Waals surface area contributed by atoms with Crippen LogP contribution >= 0.6 is 23.2 Å². The molecular formula is C16H9Cl2NO5. The molecule has 2 aromatic heterocycles. The summed E-state index contributed by atoms with van der Waals surface area (Å²) in [6.45, 7) is 0. The summed E-state index contributed by atoms with van der Waals surface area (Å²) in [5.41, 5.74) is 0.127. The van der Waals surface area contributed by atoms with Gasteiger partial charge in [0.2, 0.25) is 0 Å². The van der Waals surface area contributed by atoms with Gasteiger partial charge in [-0.15, -0.1) is 0 Å². The van der Waals surface area contributed by atoms with Crippen molar-refractivity contribution in [2.45, 2.75) is 0 Å². The largest absolute Gasteiger partial charge is 0.478 e. The molecule has 1 aromatic carbocycles. The molecule has 3 aromatic rings. The lowest BCUT2D eigenvalue weighted by atomic mass is 10.1. The number of carbonyl (C=O) groups is 2. The summed E-state index contributed by atoms with van der Waals surface area (Å²) in [4.78, 5) is 25.8. The van der Waals surface area contributed by atoms with Crippen molar-refractivity contribution in [3.63, 3.8) is 0 Å². The summed E-state index contributed by atoms with van der Waals surface area (Å²) >= 11 is 12.1. The Morgan fingerprint density at radius 3 is 2.54 bits per heavy atom. The van der Waals surface area contributed by atoms with E-state index in [4.69, 9.17) is 27.6 Å². The third-order valence-electron chi connectivity index (χ3n) is 3.37. The average Bonchev–Trinajstić information content (AvgIpc) is 3.11. The van der Waals surface area contributed by atoms with Crippen LogP contribution in [0.5, 0.6) is 0 Å². The minimum atomic E-state index is -1.26. The van der Waals surface area contributed by atoms with Crippen molar-refractivity contribution in [2.75, 3.05) is 0 Å². The molecular weight excluding hydrogens is 357 g/mol. The molecule has 2 heterocycles. The number of hydrogen-bond donors (Lipinski definition) is 3. The normalized spacial score (nSPS) is 11.8. The zero-order chi connectivity index (χ0) is 17.4. The highest BCUT2D eigenvalue weighted by atomic mass is 35.5. The fraction of sp³-hybridized carbons (Fsp3) is 0. The second-order valence-corrected chi connectivity index (χ2v) is 5.71. The fourth-order valence-corrected chi connectivity index (χ4v) is 3.00. The predicted molar refractivity (Wildman–Crippen MR) is 89.5 cm³/mol. The minimum Gasteiger partial charge on any atom is -0.478 e. The number of nitrogens with one attached hydrogen (secondary N) is 1. The van der Waals surface area contributed by atoms with E-state index in [-0.39, 0.29) is 27.6 Å². The Hall–Kier alpha value is -2.70. The zero-order valence-corrected chi connectivity index (χ0v) is 13.4. The minimum absolute atomic E-state index is 0.0956. The number of aromatic carboxylic acids is 1. The third kappa shape index (κ3) is 2.77. The van der Waals surface area contributed by atoms with Crippen molar-refractivity contribution in [1.29, 1.82) is 0 Å². The summed E-state index contributed by atoms with van der Waals surface area (Å²) in [5, 5.41) is 19.7. The molecule has 0 amide bonds. The molecule has 0 unspecified atom stereocenters. The van der Waals surface area contributed by atoms with Crippen molar-refractivity contribution >= 4 is 57.7 Å². The molecule has 0 saturated carbocycles. The number of furan rings is 1. The van der Waals surface area contributed by atoms with Crippen LogP contribution in [0.1, 0.15) is 21.8 Å². The van der Waals surface area contributed by atoms with E-state index in [2.05, 4.69) is 4.98 Å². The number of carboxylic acids is 2. The smallest absolute Gasteiger partial charge is 0.352 e. The van der Waals surface area contributed by atoms with Gasteiger partial charge in [-0.1, -0.05) is 23.2 Å². The first-order chi connectivity index (χ1) is 11.4. The summed E-state index contributed by atoms with van der Waals surface area (Å²) in [7, 11) is 0. The first kappa shape index (κ1) is 16.2. The molecule has 0 saturated heterocycles. The molecule has 0 aliphatic carbocycles. The van der Waals surface area contributed by atoms with Crippen LogP contribution in [0.3, 0.4) is 0 Å². The SMILES string of the molecule is O=C(O)C(=Cc1c(C(=O)O)[nH]c2cc(Cl)cc(Cl)c12)c1ccco1. The van der Waals surface area contributed by atoms with Gasteiger partial charge in [-0.25, -0.2) is 9.59 Å². The number of rotatable bonds is 4. The average molecular weight is 366 g/mol. The zero-order valence-electron chi connectivity index (χ0n) is 11.8. The summed E-state index contributed by atoms with van der Waals surface area (Å²) in [6.07, 6.45) is 2.54. The van der Waals surface area contributed by atoms with Gasteiger partial charge >= 0.3 is 11.9 Å². The van der Waals surface area contributed by atoms with E-state index in [1.807, 2.05) is 0 Å². The van der Waals surface area contributed by atoms with E-state index in [1.165, 1.54) is 36.6 Å². The standard InChI is InChI=1S/C16H9Cl2NO5/c17-7-4-10(18)13-9(14(16(22)23)19-11(13)5-7)6-8(15(20)21)12-2-1-3-24-12/h1-6,19H,(H,20,21)(H,22,23). The number of carboxylic acid groups (broad SMARTS) is 2. The highest BCUT2D eigenvalue weighted by Crippen LogP contribution is 2.35. The van der Waals surface area contributed by atoms with Gasteiger partial charge in [-0.05, 0) is 30.3 Å². The Morgan fingerprint density at radius 1 is 1.21 bits per heavy atom. The second-order valence-electron chi connectivity index (χ2n) is 4.87. The number of H-pyrrole nitrogens is 1. The Morgan fingerprint density at radius 2 is 1.96 bits per heavy atom. The fourth-order valence-electron chi connectivity index (χ4n) is 2.40. The number of aliphatic carboxylic acids is 1.